The summed E-state index contributed by atoms with van der Waals surface area (Å²) in [4.78, 5) is 34.1. The molecule has 6 nitrogen and oxygen atoms in total. The van der Waals surface area contributed by atoms with Crippen molar-refractivity contribution in [1.29, 1.82) is 0 Å². The third-order valence-electron chi connectivity index (χ3n) is 4.61. The third kappa shape index (κ3) is 2.94. The van der Waals surface area contributed by atoms with Crippen molar-refractivity contribution < 1.29 is 9.53 Å². The molecule has 2 aromatic carbocycles. The predicted octanol–water partition coefficient (Wildman–Crippen LogP) is 2.52. The van der Waals surface area contributed by atoms with Gasteiger partial charge in [-0.05, 0) is 42.8 Å². The molecule has 1 amide bonds. The Kier molecular flexibility index (Phi) is 4.16. The van der Waals surface area contributed by atoms with Gasteiger partial charge in [-0.15, -0.1) is 0 Å². The molecule has 0 fully saturated rings. The molecular weight excluding hydrogens is 330 g/mol. The first kappa shape index (κ1) is 16.3. The number of fused-ring (bicyclic) bond motifs is 2. The van der Waals surface area contributed by atoms with Crippen LogP contribution in [0.3, 0.4) is 0 Å². The standard InChI is InChI=1S/C20H19N3O3/c1-2-23(20(25)14-7-8-17-13(11-14)9-10-26-17)12-18-21-16-6-4-3-5-15(16)19(24)22-18/h3-8,11H,2,9-10,12H2,1H3,(H,21,22,24). The number of carbonyl (C=O) groups excluding carboxylic acids is 1. The van der Waals surface area contributed by atoms with E-state index in [0.29, 0.717) is 35.4 Å². The quantitative estimate of drug-likeness (QED) is 0.785. The topological polar surface area (TPSA) is 75.3 Å². The first-order valence-corrected chi connectivity index (χ1v) is 8.68. The maximum atomic E-state index is 12.9. The van der Waals surface area contributed by atoms with Crippen molar-refractivity contribution in [3.63, 3.8) is 0 Å². The van der Waals surface area contributed by atoms with Gasteiger partial charge >= 0.3 is 0 Å². The molecule has 4 rings (SSSR count). The van der Waals surface area contributed by atoms with Crippen LogP contribution in [-0.2, 0) is 13.0 Å². The Labute approximate surface area is 150 Å². The number of aromatic amines is 1. The van der Waals surface area contributed by atoms with Gasteiger partial charge in [0.2, 0.25) is 0 Å². The summed E-state index contributed by atoms with van der Waals surface area (Å²) in [6.45, 7) is 3.34. The van der Waals surface area contributed by atoms with Crippen molar-refractivity contribution in [3.05, 3.63) is 69.8 Å². The highest BCUT2D eigenvalue weighted by Gasteiger charge is 2.19. The van der Waals surface area contributed by atoms with E-state index in [1.807, 2.05) is 25.1 Å². The van der Waals surface area contributed by atoms with Gasteiger partial charge in [0.05, 0.1) is 24.1 Å². The van der Waals surface area contributed by atoms with Crippen molar-refractivity contribution in [3.8, 4) is 5.75 Å². The molecule has 1 N–H and O–H groups in total. The van der Waals surface area contributed by atoms with Gasteiger partial charge in [0.15, 0.2) is 0 Å². The lowest BCUT2D eigenvalue weighted by molar-refractivity contribution is 0.0748. The van der Waals surface area contributed by atoms with Gasteiger partial charge in [-0.3, -0.25) is 9.59 Å². The van der Waals surface area contributed by atoms with Gasteiger partial charge in [0, 0.05) is 18.5 Å². The average molecular weight is 349 g/mol. The minimum atomic E-state index is -0.191. The third-order valence-corrected chi connectivity index (χ3v) is 4.61. The van der Waals surface area contributed by atoms with E-state index in [-0.39, 0.29) is 18.0 Å². The molecule has 132 valence electrons. The fraction of sp³-hybridized carbons (Fsp3) is 0.250. The number of carbonyl (C=O) groups is 1. The van der Waals surface area contributed by atoms with Gasteiger partial charge in [0.25, 0.3) is 11.5 Å². The van der Waals surface area contributed by atoms with E-state index in [4.69, 9.17) is 4.74 Å². The molecule has 26 heavy (non-hydrogen) atoms. The molecule has 0 spiro atoms. The maximum Gasteiger partial charge on any atom is 0.258 e. The van der Waals surface area contributed by atoms with Gasteiger partial charge in [-0.25, -0.2) is 4.98 Å². The highest BCUT2D eigenvalue weighted by Crippen LogP contribution is 2.26. The zero-order chi connectivity index (χ0) is 18.1. The molecule has 0 bridgehead atoms. The molecule has 6 heteroatoms. The number of hydrogen-bond donors (Lipinski definition) is 1. The summed E-state index contributed by atoms with van der Waals surface area (Å²) in [7, 11) is 0. The maximum absolute atomic E-state index is 12.9. The normalized spacial score (nSPS) is 12.7. The van der Waals surface area contributed by atoms with Crippen LogP contribution in [0.5, 0.6) is 5.75 Å². The molecule has 0 atom stereocenters. The van der Waals surface area contributed by atoms with Crippen LogP contribution in [-0.4, -0.2) is 33.9 Å². The van der Waals surface area contributed by atoms with E-state index < -0.39 is 0 Å². The fourth-order valence-electron chi connectivity index (χ4n) is 3.22. The smallest absolute Gasteiger partial charge is 0.258 e. The van der Waals surface area contributed by atoms with E-state index in [1.165, 1.54) is 0 Å². The van der Waals surface area contributed by atoms with E-state index >= 15 is 0 Å². The van der Waals surface area contributed by atoms with E-state index in [0.717, 1.165) is 17.7 Å². The van der Waals surface area contributed by atoms with Crippen molar-refractivity contribution in [2.45, 2.75) is 19.9 Å². The molecule has 0 saturated heterocycles. The predicted molar refractivity (Wildman–Crippen MR) is 98.4 cm³/mol. The zero-order valence-corrected chi connectivity index (χ0v) is 14.5. The second-order valence-electron chi connectivity index (χ2n) is 6.27. The summed E-state index contributed by atoms with van der Waals surface area (Å²) < 4.78 is 5.50. The lowest BCUT2D eigenvalue weighted by Gasteiger charge is -2.20. The van der Waals surface area contributed by atoms with Crippen LogP contribution in [0.25, 0.3) is 10.9 Å². The fourth-order valence-corrected chi connectivity index (χ4v) is 3.22. The largest absolute Gasteiger partial charge is 0.493 e. The Balaban J connectivity index is 1.61. The number of amides is 1. The minimum Gasteiger partial charge on any atom is -0.493 e. The number of nitrogens with zero attached hydrogens (tertiary/aromatic N) is 2. The number of hydrogen-bond acceptors (Lipinski definition) is 4. The van der Waals surface area contributed by atoms with Crippen LogP contribution >= 0.6 is 0 Å². The van der Waals surface area contributed by atoms with Crippen LogP contribution < -0.4 is 10.3 Å². The molecule has 0 saturated carbocycles. The minimum absolute atomic E-state index is 0.0852. The van der Waals surface area contributed by atoms with Gasteiger partial charge in [-0.2, -0.15) is 0 Å². The molecule has 0 aliphatic carbocycles. The summed E-state index contributed by atoms with van der Waals surface area (Å²) >= 11 is 0. The van der Waals surface area contributed by atoms with Crippen molar-refractivity contribution >= 4 is 16.8 Å². The zero-order valence-electron chi connectivity index (χ0n) is 14.5. The molecular formula is C20H19N3O3. The molecule has 2 heterocycles. The number of rotatable bonds is 4. The summed E-state index contributed by atoms with van der Waals surface area (Å²) in [6.07, 6.45) is 0.822. The Hall–Kier alpha value is -3.15. The Morgan fingerprint density at radius 2 is 2.12 bits per heavy atom. The van der Waals surface area contributed by atoms with Crippen molar-refractivity contribution in [2.75, 3.05) is 13.2 Å². The van der Waals surface area contributed by atoms with E-state index in [2.05, 4.69) is 9.97 Å². The molecule has 1 aliphatic rings. The molecule has 1 aliphatic heterocycles. The van der Waals surface area contributed by atoms with Crippen molar-refractivity contribution in [1.82, 2.24) is 14.9 Å². The Morgan fingerprint density at radius 3 is 2.96 bits per heavy atom. The lowest BCUT2D eigenvalue weighted by Crippen LogP contribution is -2.32. The van der Waals surface area contributed by atoms with Gasteiger partial charge in [-0.1, -0.05) is 12.1 Å². The molecule has 0 radical (unpaired) electrons. The van der Waals surface area contributed by atoms with E-state index in [1.54, 1.807) is 29.2 Å². The second-order valence-corrected chi connectivity index (χ2v) is 6.27. The Morgan fingerprint density at radius 1 is 1.27 bits per heavy atom. The number of para-hydroxylation sites is 1. The number of H-pyrrole nitrogens is 1. The number of nitrogens with one attached hydrogen (secondary N) is 1. The lowest BCUT2D eigenvalue weighted by atomic mass is 10.1. The van der Waals surface area contributed by atoms with Gasteiger partial charge in [0.1, 0.15) is 11.6 Å². The first-order valence-electron chi connectivity index (χ1n) is 8.68. The summed E-state index contributed by atoms with van der Waals surface area (Å²) in [6, 6.07) is 12.7. The number of aromatic nitrogens is 2. The summed E-state index contributed by atoms with van der Waals surface area (Å²) in [5, 5.41) is 0.546. The highest BCUT2D eigenvalue weighted by molar-refractivity contribution is 5.94. The number of benzene rings is 2. The SMILES string of the molecule is CCN(Cc1nc2ccccc2c(=O)[nH]1)C(=O)c1ccc2c(c1)CCO2. The van der Waals surface area contributed by atoms with Crippen LogP contribution in [0.2, 0.25) is 0 Å². The molecule has 1 aromatic heterocycles. The van der Waals surface area contributed by atoms with Crippen LogP contribution in [0, 0.1) is 0 Å². The van der Waals surface area contributed by atoms with Gasteiger partial charge < -0.3 is 14.6 Å². The number of ether oxygens (including phenoxy) is 1. The molecule has 3 aromatic rings. The summed E-state index contributed by atoms with van der Waals surface area (Å²) in [5.41, 5.74) is 2.12. The highest BCUT2D eigenvalue weighted by atomic mass is 16.5. The van der Waals surface area contributed by atoms with Crippen LogP contribution in [0.4, 0.5) is 0 Å². The van der Waals surface area contributed by atoms with Crippen LogP contribution in [0.15, 0.2) is 47.3 Å². The first-order chi connectivity index (χ1) is 12.7. The van der Waals surface area contributed by atoms with Crippen LogP contribution in [0.1, 0.15) is 28.7 Å². The second kappa shape index (κ2) is 6.63. The summed E-state index contributed by atoms with van der Waals surface area (Å²) in [5.74, 6) is 1.25. The Bertz CT molecular complexity index is 1040. The monoisotopic (exact) mass is 349 g/mol. The molecule has 0 unspecified atom stereocenters. The van der Waals surface area contributed by atoms with Crippen molar-refractivity contribution in [2.24, 2.45) is 0 Å². The van der Waals surface area contributed by atoms with E-state index in [9.17, 15) is 9.59 Å². The average Bonchev–Trinajstić information content (AvgIpc) is 3.13.